The highest BCUT2D eigenvalue weighted by molar-refractivity contribution is 6.31. The number of hydrogen-bond acceptors (Lipinski definition) is 4. The summed E-state index contributed by atoms with van der Waals surface area (Å²) in [5, 5.41) is 0.719. The van der Waals surface area contributed by atoms with Gasteiger partial charge < -0.3 is 14.2 Å². The average molecular weight is 376 g/mol. The summed E-state index contributed by atoms with van der Waals surface area (Å²) >= 11 is 6.25. The third-order valence-corrected chi connectivity index (χ3v) is 5.00. The van der Waals surface area contributed by atoms with Gasteiger partial charge in [0.05, 0.1) is 20.3 Å². The number of aryl methyl sites for hydroxylation is 1. The van der Waals surface area contributed by atoms with E-state index in [1.54, 1.807) is 7.11 Å². The van der Waals surface area contributed by atoms with Crippen LogP contribution in [0.25, 0.3) is 0 Å². The van der Waals surface area contributed by atoms with Gasteiger partial charge in [0.1, 0.15) is 6.61 Å². The van der Waals surface area contributed by atoms with Crippen molar-refractivity contribution in [3.05, 3.63) is 58.6 Å². The van der Waals surface area contributed by atoms with Gasteiger partial charge in [0.25, 0.3) is 0 Å². The van der Waals surface area contributed by atoms with Crippen molar-refractivity contribution in [2.75, 3.05) is 40.0 Å². The molecule has 5 heteroatoms. The van der Waals surface area contributed by atoms with Crippen LogP contribution in [0.3, 0.4) is 0 Å². The van der Waals surface area contributed by atoms with E-state index in [9.17, 15) is 0 Å². The molecule has 0 unspecified atom stereocenters. The minimum absolute atomic E-state index is 0.427. The zero-order valence-corrected chi connectivity index (χ0v) is 16.0. The third kappa shape index (κ3) is 5.13. The Morgan fingerprint density at radius 1 is 1.04 bits per heavy atom. The Labute approximate surface area is 160 Å². The Morgan fingerprint density at radius 3 is 2.58 bits per heavy atom. The molecule has 1 aliphatic rings. The molecule has 1 aliphatic heterocycles. The lowest BCUT2D eigenvalue weighted by Gasteiger charge is -2.26. The first-order valence-electron chi connectivity index (χ1n) is 9.10. The van der Waals surface area contributed by atoms with E-state index < -0.39 is 0 Å². The number of ether oxygens (including phenoxy) is 3. The Bertz CT molecular complexity index is 701. The van der Waals surface area contributed by atoms with Crippen LogP contribution in [0.15, 0.2) is 42.5 Å². The second kappa shape index (κ2) is 9.81. The fraction of sp³-hybridized carbons (Fsp3) is 0.429. The minimum atomic E-state index is 0.427. The lowest BCUT2D eigenvalue weighted by atomic mass is 10.1. The Hall–Kier alpha value is -1.75. The Balaban J connectivity index is 1.64. The van der Waals surface area contributed by atoms with Crippen LogP contribution in [0.4, 0.5) is 0 Å². The van der Waals surface area contributed by atoms with E-state index in [1.165, 1.54) is 5.56 Å². The van der Waals surface area contributed by atoms with Crippen LogP contribution in [-0.2, 0) is 17.8 Å². The maximum atomic E-state index is 6.25. The predicted octanol–water partition coefficient (Wildman–Crippen LogP) is 4.19. The van der Waals surface area contributed by atoms with Crippen molar-refractivity contribution in [3.8, 4) is 11.5 Å². The van der Waals surface area contributed by atoms with Gasteiger partial charge in [-0.3, -0.25) is 4.90 Å². The number of halogens is 1. The molecular weight excluding hydrogens is 350 g/mol. The van der Waals surface area contributed by atoms with Crippen molar-refractivity contribution in [3.63, 3.8) is 0 Å². The molecule has 140 valence electrons. The average Bonchev–Trinajstić information content (AvgIpc) is 2.68. The first-order valence-corrected chi connectivity index (χ1v) is 9.48. The molecule has 26 heavy (non-hydrogen) atoms. The molecule has 1 heterocycles. The highest BCUT2D eigenvalue weighted by Gasteiger charge is 2.14. The molecule has 0 N–H and O–H groups in total. The van der Waals surface area contributed by atoms with Gasteiger partial charge in [-0.15, -0.1) is 0 Å². The molecule has 0 spiro atoms. The van der Waals surface area contributed by atoms with E-state index in [1.807, 2.05) is 36.4 Å². The largest absolute Gasteiger partial charge is 0.493 e. The summed E-state index contributed by atoms with van der Waals surface area (Å²) in [5.74, 6) is 1.58. The van der Waals surface area contributed by atoms with Gasteiger partial charge in [0.2, 0.25) is 0 Å². The van der Waals surface area contributed by atoms with E-state index in [2.05, 4.69) is 11.0 Å². The molecule has 1 saturated heterocycles. The summed E-state index contributed by atoms with van der Waals surface area (Å²) in [6.45, 7) is 5.22. The number of nitrogens with zero attached hydrogens (tertiary/aromatic N) is 1. The monoisotopic (exact) mass is 375 g/mol. The van der Waals surface area contributed by atoms with Gasteiger partial charge in [0, 0.05) is 23.7 Å². The fourth-order valence-corrected chi connectivity index (χ4v) is 3.36. The van der Waals surface area contributed by atoms with Crippen molar-refractivity contribution in [1.29, 1.82) is 0 Å². The quantitative estimate of drug-likeness (QED) is 0.692. The third-order valence-electron chi connectivity index (χ3n) is 4.63. The molecule has 0 saturated carbocycles. The van der Waals surface area contributed by atoms with Crippen LogP contribution in [0.1, 0.15) is 17.5 Å². The van der Waals surface area contributed by atoms with Crippen LogP contribution in [0.2, 0.25) is 5.02 Å². The SMILES string of the molecule is COc1cccc(CCCN2CCOCC2)c1OCc1ccccc1Cl. The topological polar surface area (TPSA) is 30.9 Å². The van der Waals surface area contributed by atoms with Crippen molar-refractivity contribution in [2.24, 2.45) is 0 Å². The standard InChI is InChI=1S/C21H26ClNO3/c1-24-20-10-4-7-17(8-5-11-23-12-14-25-15-13-23)21(20)26-16-18-6-2-3-9-19(18)22/h2-4,6-7,9-10H,5,8,11-16H2,1H3. The lowest BCUT2D eigenvalue weighted by molar-refractivity contribution is 0.0374. The van der Waals surface area contributed by atoms with Gasteiger partial charge >= 0.3 is 0 Å². The first kappa shape index (κ1) is 19.0. The van der Waals surface area contributed by atoms with Gasteiger partial charge in [-0.05, 0) is 37.1 Å². The summed E-state index contributed by atoms with van der Waals surface area (Å²) in [7, 11) is 1.68. The molecule has 0 amide bonds. The molecule has 0 aliphatic carbocycles. The van der Waals surface area contributed by atoms with Crippen LogP contribution >= 0.6 is 11.6 Å². The normalized spacial score (nSPS) is 15.0. The van der Waals surface area contributed by atoms with Crippen LogP contribution in [-0.4, -0.2) is 44.9 Å². The van der Waals surface area contributed by atoms with Gasteiger partial charge in [-0.2, -0.15) is 0 Å². The smallest absolute Gasteiger partial charge is 0.164 e. The van der Waals surface area contributed by atoms with E-state index in [4.69, 9.17) is 25.8 Å². The zero-order chi connectivity index (χ0) is 18.2. The van der Waals surface area contributed by atoms with Crippen LogP contribution in [0, 0.1) is 0 Å². The van der Waals surface area contributed by atoms with Gasteiger partial charge in [-0.1, -0.05) is 41.9 Å². The zero-order valence-electron chi connectivity index (χ0n) is 15.2. The van der Waals surface area contributed by atoms with Crippen molar-refractivity contribution in [1.82, 2.24) is 4.90 Å². The molecule has 4 nitrogen and oxygen atoms in total. The summed E-state index contributed by atoms with van der Waals surface area (Å²) in [4.78, 5) is 2.45. The molecule has 3 rings (SSSR count). The number of benzene rings is 2. The lowest BCUT2D eigenvalue weighted by Crippen LogP contribution is -2.36. The summed E-state index contributed by atoms with van der Waals surface area (Å²) in [6.07, 6.45) is 2.03. The summed E-state index contributed by atoms with van der Waals surface area (Å²) in [5.41, 5.74) is 2.14. The van der Waals surface area contributed by atoms with Crippen molar-refractivity contribution in [2.45, 2.75) is 19.4 Å². The summed E-state index contributed by atoms with van der Waals surface area (Å²) < 4.78 is 17.0. The summed E-state index contributed by atoms with van der Waals surface area (Å²) in [6, 6.07) is 13.8. The number of morpholine rings is 1. The molecule has 1 fully saturated rings. The number of para-hydroxylation sites is 1. The molecule has 0 atom stereocenters. The molecule has 0 radical (unpaired) electrons. The van der Waals surface area contributed by atoms with Gasteiger partial charge in [0.15, 0.2) is 11.5 Å². The maximum absolute atomic E-state index is 6.25. The molecule has 2 aromatic carbocycles. The van der Waals surface area contributed by atoms with E-state index in [0.717, 1.165) is 67.8 Å². The number of hydrogen-bond donors (Lipinski definition) is 0. The molecule has 2 aromatic rings. The molecular formula is C21H26ClNO3. The number of rotatable bonds is 8. The predicted molar refractivity (Wildman–Crippen MR) is 104 cm³/mol. The molecule has 0 bridgehead atoms. The maximum Gasteiger partial charge on any atom is 0.164 e. The van der Waals surface area contributed by atoms with E-state index in [0.29, 0.717) is 6.61 Å². The highest BCUT2D eigenvalue weighted by atomic mass is 35.5. The first-order chi connectivity index (χ1) is 12.8. The van der Waals surface area contributed by atoms with E-state index in [-0.39, 0.29) is 0 Å². The fourth-order valence-electron chi connectivity index (χ4n) is 3.17. The van der Waals surface area contributed by atoms with Crippen molar-refractivity contribution >= 4 is 11.6 Å². The van der Waals surface area contributed by atoms with Crippen molar-refractivity contribution < 1.29 is 14.2 Å². The number of methoxy groups -OCH3 is 1. The van der Waals surface area contributed by atoms with Crippen LogP contribution < -0.4 is 9.47 Å². The second-order valence-electron chi connectivity index (χ2n) is 6.39. The highest BCUT2D eigenvalue weighted by Crippen LogP contribution is 2.33. The minimum Gasteiger partial charge on any atom is -0.493 e. The Kier molecular flexibility index (Phi) is 7.18. The van der Waals surface area contributed by atoms with Crippen LogP contribution in [0.5, 0.6) is 11.5 Å². The Morgan fingerprint density at radius 2 is 1.81 bits per heavy atom. The van der Waals surface area contributed by atoms with Gasteiger partial charge in [-0.25, -0.2) is 0 Å². The van der Waals surface area contributed by atoms with E-state index >= 15 is 0 Å². The second-order valence-corrected chi connectivity index (χ2v) is 6.79. The molecule has 0 aromatic heterocycles.